The number of carbonyl (C=O) groups excluding carboxylic acids is 1. The van der Waals surface area contributed by atoms with Crippen LogP contribution in [0.3, 0.4) is 0 Å². The summed E-state index contributed by atoms with van der Waals surface area (Å²) >= 11 is 0. The van der Waals surface area contributed by atoms with Crippen LogP contribution < -0.4 is 5.32 Å². The molecule has 21 heavy (non-hydrogen) atoms. The molecule has 0 fully saturated rings. The molecule has 0 radical (unpaired) electrons. The molecule has 5 heteroatoms. The Kier molecular flexibility index (Phi) is 4.52. The van der Waals surface area contributed by atoms with Crippen LogP contribution in [0.25, 0.3) is 0 Å². The Hall–Kier alpha value is -2.43. The number of halogens is 2. The fourth-order valence-electron chi connectivity index (χ4n) is 2.01. The molecule has 0 spiro atoms. The highest BCUT2D eigenvalue weighted by atomic mass is 19.1. The molecule has 0 bridgehead atoms. The molecular weight excluding hydrogens is 276 g/mol. The fraction of sp³-hybridized carbons (Fsp3) is 0.188. The number of hydrogen-bond donors (Lipinski definition) is 1. The van der Waals surface area contributed by atoms with Crippen molar-refractivity contribution in [2.45, 2.75) is 13.5 Å². The molecule has 0 amide bonds. The summed E-state index contributed by atoms with van der Waals surface area (Å²) in [5, 5.41) is 3.04. The topological polar surface area (TPSA) is 38.3 Å². The lowest BCUT2D eigenvalue weighted by molar-refractivity contribution is 0.0600. The highest BCUT2D eigenvalue weighted by Crippen LogP contribution is 2.21. The summed E-state index contributed by atoms with van der Waals surface area (Å²) in [6, 6.07) is 8.58. The van der Waals surface area contributed by atoms with Crippen LogP contribution in [0.5, 0.6) is 0 Å². The number of anilines is 1. The first-order valence-electron chi connectivity index (χ1n) is 6.38. The van der Waals surface area contributed by atoms with Crippen molar-refractivity contribution in [1.29, 1.82) is 0 Å². The summed E-state index contributed by atoms with van der Waals surface area (Å²) < 4.78 is 31.1. The first-order chi connectivity index (χ1) is 10.0. The number of benzene rings is 2. The second kappa shape index (κ2) is 6.35. The van der Waals surface area contributed by atoms with E-state index in [0.29, 0.717) is 22.4 Å². The molecule has 0 aromatic heterocycles. The van der Waals surface area contributed by atoms with E-state index in [1.54, 1.807) is 25.1 Å². The van der Waals surface area contributed by atoms with Gasteiger partial charge in [0.1, 0.15) is 11.6 Å². The van der Waals surface area contributed by atoms with Gasteiger partial charge in [-0.2, -0.15) is 0 Å². The molecule has 1 N–H and O–H groups in total. The van der Waals surface area contributed by atoms with Crippen LogP contribution in [-0.2, 0) is 11.3 Å². The molecule has 0 atom stereocenters. The summed E-state index contributed by atoms with van der Waals surface area (Å²) in [4.78, 5) is 11.6. The summed E-state index contributed by atoms with van der Waals surface area (Å²) in [5.74, 6) is -1.64. The Labute approximate surface area is 121 Å². The zero-order chi connectivity index (χ0) is 15.4. The van der Waals surface area contributed by atoms with Gasteiger partial charge in [0.25, 0.3) is 0 Å². The SMILES string of the molecule is COC(=O)c1cccc(NCc2ccc(F)cc2F)c1C. The lowest BCUT2D eigenvalue weighted by atomic mass is 10.1. The average Bonchev–Trinajstić information content (AvgIpc) is 2.47. The van der Waals surface area contributed by atoms with Crippen molar-refractivity contribution in [2.75, 3.05) is 12.4 Å². The molecule has 0 heterocycles. The minimum Gasteiger partial charge on any atom is -0.465 e. The van der Waals surface area contributed by atoms with E-state index in [4.69, 9.17) is 4.74 Å². The predicted molar refractivity (Wildman–Crippen MR) is 76.2 cm³/mol. The van der Waals surface area contributed by atoms with Crippen molar-refractivity contribution in [3.63, 3.8) is 0 Å². The van der Waals surface area contributed by atoms with Crippen molar-refractivity contribution in [3.05, 3.63) is 64.7 Å². The highest BCUT2D eigenvalue weighted by Gasteiger charge is 2.12. The summed E-state index contributed by atoms with van der Waals surface area (Å²) in [7, 11) is 1.32. The summed E-state index contributed by atoms with van der Waals surface area (Å²) in [5.41, 5.74) is 2.20. The minimum absolute atomic E-state index is 0.192. The van der Waals surface area contributed by atoms with Gasteiger partial charge in [0.15, 0.2) is 0 Å². The van der Waals surface area contributed by atoms with Crippen molar-refractivity contribution in [3.8, 4) is 0 Å². The number of rotatable bonds is 4. The molecule has 0 saturated carbocycles. The molecule has 2 aromatic rings. The highest BCUT2D eigenvalue weighted by molar-refractivity contribution is 5.92. The van der Waals surface area contributed by atoms with E-state index in [0.717, 1.165) is 6.07 Å². The summed E-state index contributed by atoms with van der Waals surface area (Å²) in [6.07, 6.45) is 0. The molecular formula is C16H15F2NO2. The maximum absolute atomic E-state index is 13.6. The van der Waals surface area contributed by atoms with Gasteiger partial charge in [-0.25, -0.2) is 13.6 Å². The first-order valence-corrected chi connectivity index (χ1v) is 6.38. The zero-order valence-electron chi connectivity index (χ0n) is 11.7. The third kappa shape index (κ3) is 3.37. The number of methoxy groups -OCH3 is 1. The van der Waals surface area contributed by atoms with E-state index in [1.165, 1.54) is 19.2 Å². The maximum atomic E-state index is 13.6. The predicted octanol–water partition coefficient (Wildman–Crippen LogP) is 3.67. The Morgan fingerprint density at radius 1 is 1.24 bits per heavy atom. The lowest BCUT2D eigenvalue weighted by Gasteiger charge is -2.12. The largest absolute Gasteiger partial charge is 0.465 e. The van der Waals surface area contributed by atoms with Crippen molar-refractivity contribution in [1.82, 2.24) is 0 Å². The van der Waals surface area contributed by atoms with E-state index in [1.807, 2.05) is 0 Å². The van der Waals surface area contributed by atoms with Crippen LogP contribution in [-0.4, -0.2) is 13.1 Å². The standard InChI is InChI=1S/C16H15F2NO2/c1-10-13(16(20)21-2)4-3-5-15(10)19-9-11-6-7-12(17)8-14(11)18/h3-8,19H,9H2,1-2H3. The zero-order valence-corrected chi connectivity index (χ0v) is 11.7. The van der Waals surface area contributed by atoms with E-state index < -0.39 is 17.6 Å². The van der Waals surface area contributed by atoms with E-state index in [9.17, 15) is 13.6 Å². The summed E-state index contributed by atoms with van der Waals surface area (Å²) in [6.45, 7) is 1.97. The molecule has 0 saturated heterocycles. The van der Waals surface area contributed by atoms with Crippen LogP contribution >= 0.6 is 0 Å². The van der Waals surface area contributed by atoms with Gasteiger partial charge in [-0.1, -0.05) is 12.1 Å². The number of nitrogens with one attached hydrogen (secondary N) is 1. The van der Waals surface area contributed by atoms with Crippen molar-refractivity contribution >= 4 is 11.7 Å². The van der Waals surface area contributed by atoms with Crippen LogP contribution in [0, 0.1) is 18.6 Å². The first kappa shape index (κ1) is 15.0. The van der Waals surface area contributed by atoms with Gasteiger partial charge in [-0.15, -0.1) is 0 Å². The van der Waals surface area contributed by atoms with Crippen LogP contribution in [0.1, 0.15) is 21.5 Å². The number of ether oxygens (including phenoxy) is 1. The second-order valence-electron chi connectivity index (χ2n) is 4.56. The Bertz CT molecular complexity index is 671. The molecule has 2 aromatic carbocycles. The lowest BCUT2D eigenvalue weighted by Crippen LogP contribution is -2.08. The molecule has 3 nitrogen and oxygen atoms in total. The average molecular weight is 291 g/mol. The van der Waals surface area contributed by atoms with Gasteiger partial charge < -0.3 is 10.1 Å². The monoisotopic (exact) mass is 291 g/mol. The van der Waals surface area contributed by atoms with Gasteiger partial charge in [0.2, 0.25) is 0 Å². The Balaban J connectivity index is 2.18. The van der Waals surface area contributed by atoms with Crippen LogP contribution in [0.15, 0.2) is 36.4 Å². The quantitative estimate of drug-likeness (QED) is 0.873. The molecule has 2 rings (SSSR count). The number of esters is 1. The molecule has 0 aliphatic heterocycles. The molecule has 0 aliphatic rings. The Morgan fingerprint density at radius 2 is 2.00 bits per heavy atom. The fourth-order valence-corrected chi connectivity index (χ4v) is 2.01. The number of hydrogen-bond acceptors (Lipinski definition) is 3. The van der Waals surface area contributed by atoms with Crippen LogP contribution in [0.4, 0.5) is 14.5 Å². The smallest absolute Gasteiger partial charge is 0.338 e. The minimum atomic E-state index is -0.611. The van der Waals surface area contributed by atoms with Gasteiger partial charge in [-0.05, 0) is 30.7 Å². The number of carbonyl (C=O) groups is 1. The van der Waals surface area contributed by atoms with Crippen molar-refractivity contribution < 1.29 is 18.3 Å². The van der Waals surface area contributed by atoms with E-state index in [-0.39, 0.29) is 6.54 Å². The third-order valence-corrected chi connectivity index (χ3v) is 3.22. The second-order valence-corrected chi connectivity index (χ2v) is 4.56. The maximum Gasteiger partial charge on any atom is 0.338 e. The van der Waals surface area contributed by atoms with Gasteiger partial charge >= 0.3 is 5.97 Å². The van der Waals surface area contributed by atoms with Crippen LogP contribution in [0.2, 0.25) is 0 Å². The molecule has 0 unspecified atom stereocenters. The molecule has 110 valence electrons. The molecule has 0 aliphatic carbocycles. The van der Waals surface area contributed by atoms with E-state index >= 15 is 0 Å². The third-order valence-electron chi connectivity index (χ3n) is 3.22. The Morgan fingerprint density at radius 3 is 2.67 bits per heavy atom. The van der Waals surface area contributed by atoms with E-state index in [2.05, 4.69) is 5.32 Å². The van der Waals surface area contributed by atoms with Crippen molar-refractivity contribution in [2.24, 2.45) is 0 Å². The van der Waals surface area contributed by atoms with Gasteiger partial charge in [-0.3, -0.25) is 0 Å². The normalized spacial score (nSPS) is 10.3. The van der Waals surface area contributed by atoms with Gasteiger partial charge in [0, 0.05) is 23.9 Å². The van der Waals surface area contributed by atoms with Gasteiger partial charge in [0.05, 0.1) is 12.7 Å².